The Morgan fingerprint density at radius 2 is 0.850 bits per heavy atom. The van der Waals surface area contributed by atoms with Gasteiger partial charge >= 0.3 is 0 Å². The fraction of sp³-hybridized carbons (Fsp3) is 0.236. The molecule has 0 amide bonds. The van der Waals surface area contributed by atoms with Gasteiger partial charge in [-0.3, -0.25) is 0 Å². The Balaban J connectivity index is 1.06. The molecule has 60 heavy (non-hydrogen) atoms. The quantitative estimate of drug-likeness (QED) is 0.163. The van der Waals surface area contributed by atoms with Gasteiger partial charge in [0.1, 0.15) is 23.0 Å². The van der Waals surface area contributed by atoms with Crippen LogP contribution in [0, 0.1) is 0 Å². The number of para-hydroxylation sites is 4. The van der Waals surface area contributed by atoms with Crippen LogP contribution in [0.1, 0.15) is 95.2 Å². The molecule has 4 nitrogen and oxygen atoms in total. The highest BCUT2D eigenvalue weighted by Crippen LogP contribution is 2.57. The number of anilines is 6. The Morgan fingerprint density at radius 1 is 0.433 bits per heavy atom. The second kappa shape index (κ2) is 11.8. The van der Waals surface area contributed by atoms with Gasteiger partial charge in [-0.25, -0.2) is 0 Å². The van der Waals surface area contributed by atoms with E-state index in [1.165, 1.54) is 56.1 Å². The van der Waals surface area contributed by atoms with E-state index < -0.39 is 0 Å². The summed E-state index contributed by atoms with van der Waals surface area (Å²) in [6.45, 7) is 18.8. The number of ether oxygens (including phenoxy) is 2. The first-order chi connectivity index (χ1) is 28.8. The number of fused-ring (bicyclic) bond motifs is 10. The number of benzene rings is 7. The minimum absolute atomic E-state index is 0.0428. The van der Waals surface area contributed by atoms with Crippen LogP contribution in [0.25, 0.3) is 0 Å². The van der Waals surface area contributed by atoms with E-state index in [4.69, 9.17) is 9.47 Å². The van der Waals surface area contributed by atoms with Gasteiger partial charge in [-0.2, -0.15) is 0 Å². The third-order valence-corrected chi connectivity index (χ3v) is 14.7. The predicted octanol–water partition coefficient (Wildman–Crippen LogP) is 12.6. The first kappa shape index (κ1) is 35.7. The third-order valence-electron chi connectivity index (χ3n) is 14.7. The Kier molecular flexibility index (Phi) is 7.00. The topological polar surface area (TPSA) is 24.9 Å². The molecule has 0 unspecified atom stereocenters. The molecule has 4 heterocycles. The van der Waals surface area contributed by atoms with Crippen molar-refractivity contribution in [1.29, 1.82) is 0 Å². The summed E-state index contributed by atoms with van der Waals surface area (Å²) in [4.78, 5) is 4.86. The molecule has 0 N–H and O–H groups in total. The van der Waals surface area contributed by atoms with Crippen molar-refractivity contribution in [3.8, 4) is 23.0 Å². The van der Waals surface area contributed by atoms with E-state index in [-0.39, 0.29) is 28.4 Å². The predicted molar refractivity (Wildman–Crippen MR) is 248 cm³/mol. The van der Waals surface area contributed by atoms with E-state index in [0.717, 1.165) is 57.2 Å². The average Bonchev–Trinajstić information content (AvgIpc) is 3.42. The van der Waals surface area contributed by atoms with Crippen molar-refractivity contribution in [3.63, 3.8) is 0 Å². The van der Waals surface area contributed by atoms with Crippen molar-refractivity contribution in [1.82, 2.24) is 0 Å². The van der Waals surface area contributed by atoms with Gasteiger partial charge < -0.3 is 19.3 Å². The normalized spacial score (nSPS) is 18.3. The molecular formula is C55H49BN2O2. The zero-order valence-electron chi connectivity index (χ0n) is 35.8. The summed E-state index contributed by atoms with van der Waals surface area (Å²) in [5.41, 5.74) is 18.0. The molecule has 0 radical (unpaired) electrons. The van der Waals surface area contributed by atoms with Crippen molar-refractivity contribution >= 4 is 57.2 Å². The van der Waals surface area contributed by atoms with E-state index >= 15 is 0 Å². The molecule has 12 rings (SSSR count). The molecule has 0 saturated heterocycles. The van der Waals surface area contributed by atoms with E-state index in [9.17, 15) is 0 Å². The molecule has 0 fully saturated rings. The summed E-state index contributed by atoms with van der Waals surface area (Å²) in [6, 6.07) is 51.6. The van der Waals surface area contributed by atoms with Gasteiger partial charge in [0.05, 0.1) is 22.7 Å². The average molecular weight is 781 g/mol. The highest BCUT2D eigenvalue weighted by molar-refractivity contribution is 6.98. The molecule has 5 heteroatoms. The maximum absolute atomic E-state index is 7.36. The molecule has 4 aliphatic heterocycles. The first-order valence-electron chi connectivity index (χ1n) is 21.6. The van der Waals surface area contributed by atoms with Gasteiger partial charge in [0.2, 0.25) is 0 Å². The van der Waals surface area contributed by atoms with Crippen molar-refractivity contribution in [3.05, 3.63) is 173 Å². The number of hydrogen-bond donors (Lipinski definition) is 0. The van der Waals surface area contributed by atoms with Crippen molar-refractivity contribution in [2.24, 2.45) is 0 Å². The molecule has 7 aromatic rings. The summed E-state index contributed by atoms with van der Waals surface area (Å²) >= 11 is 0. The van der Waals surface area contributed by atoms with E-state index in [2.05, 4.69) is 205 Å². The summed E-state index contributed by atoms with van der Waals surface area (Å²) in [5.74, 6) is 3.68. The lowest BCUT2D eigenvalue weighted by molar-refractivity contribution is 0.394. The Hall–Kier alpha value is -6.20. The van der Waals surface area contributed by atoms with E-state index in [0.29, 0.717) is 0 Å². The molecule has 5 aliphatic rings. The van der Waals surface area contributed by atoms with Crippen molar-refractivity contribution in [2.45, 2.75) is 83.5 Å². The Morgan fingerprint density at radius 3 is 1.30 bits per heavy atom. The summed E-state index contributed by atoms with van der Waals surface area (Å²) < 4.78 is 14.5. The SMILES string of the molecule is CC1(C)CC(C)(C)c2c1cc1c3c2Oc2cc(N4c5ccccc5C(C)(C)c5ccccc54)ccc2B3c2ccc(N3c4ccccc4C(C)(C)c4ccccc43)cc2O1. The summed E-state index contributed by atoms with van der Waals surface area (Å²) in [5, 5.41) is 0. The number of nitrogens with zero attached hydrogens (tertiary/aromatic N) is 2. The molecule has 0 bridgehead atoms. The van der Waals surface area contributed by atoms with Gasteiger partial charge in [0.25, 0.3) is 6.71 Å². The lowest BCUT2D eigenvalue weighted by Gasteiger charge is -2.43. The van der Waals surface area contributed by atoms with Gasteiger partial charge in [-0.05, 0) is 98.5 Å². The molecule has 7 aromatic carbocycles. The fourth-order valence-electron chi connectivity index (χ4n) is 12.2. The zero-order valence-corrected chi connectivity index (χ0v) is 35.8. The van der Waals surface area contributed by atoms with Crippen LogP contribution < -0.4 is 35.7 Å². The maximum atomic E-state index is 7.36. The van der Waals surface area contributed by atoms with Gasteiger partial charge in [-0.1, -0.05) is 140 Å². The van der Waals surface area contributed by atoms with Crippen LogP contribution in [-0.2, 0) is 21.7 Å². The van der Waals surface area contributed by atoms with Crippen LogP contribution in [0.5, 0.6) is 23.0 Å². The van der Waals surface area contributed by atoms with E-state index in [1.807, 2.05) is 0 Å². The van der Waals surface area contributed by atoms with Crippen LogP contribution in [-0.4, -0.2) is 6.71 Å². The van der Waals surface area contributed by atoms with Gasteiger partial charge in [0.15, 0.2) is 0 Å². The highest BCUT2D eigenvalue weighted by Gasteiger charge is 2.50. The highest BCUT2D eigenvalue weighted by atomic mass is 16.5. The lowest BCUT2D eigenvalue weighted by Crippen LogP contribution is -2.58. The Bertz CT molecular complexity index is 2900. The smallest absolute Gasteiger partial charge is 0.260 e. The molecule has 294 valence electrons. The van der Waals surface area contributed by atoms with E-state index in [1.54, 1.807) is 0 Å². The van der Waals surface area contributed by atoms with Crippen LogP contribution in [0.15, 0.2) is 140 Å². The minimum Gasteiger partial charge on any atom is -0.458 e. The summed E-state index contributed by atoms with van der Waals surface area (Å²) in [7, 11) is 0. The largest absolute Gasteiger partial charge is 0.458 e. The monoisotopic (exact) mass is 780 g/mol. The van der Waals surface area contributed by atoms with Crippen LogP contribution >= 0.6 is 0 Å². The van der Waals surface area contributed by atoms with Gasteiger partial charge in [0, 0.05) is 45.4 Å². The molecule has 0 aromatic heterocycles. The second-order valence-electron chi connectivity index (χ2n) is 20.1. The first-order valence-corrected chi connectivity index (χ1v) is 21.6. The lowest BCUT2D eigenvalue weighted by atomic mass is 9.34. The molecule has 0 atom stereocenters. The van der Waals surface area contributed by atoms with Crippen molar-refractivity contribution < 1.29 is 9.47 Å². The molecule has 1 aliphatic carbocycles. The molecule has 0 saturated carbocycles. The standard InChI is InChI=1S/C55H49BN2O2/c1-52(2)32-53(3,4)49-39(52)31-48-50-51(49)60-47-30-34(58-44-23-15-11-19-37(44)55(7,8)38-20-12-16-24-45(38)58)26-28-41(47)56(50)40-27-25-33(29-46(40)59-48)57-42-21-13-9-17-35(42)54(5,6)36-18-10-14-22-43(36)57/h9-31H,32H2,1-8H3. The second-order valence-corrected chi connectivity index (χ2v) is 20.1. The molecule has 0 spiro atoms. The van der Waals surface area contributed by atoms with Crippen molar-refractivity contribution in [2.75, 3.05) is 9.80 Å². The zero-order chi connectivity index (χ0) is 41.1. The summed E-state index contributed by atoms with van der Waals surface area (Å²) in [6.07, 6.45) is 1.03. The van der Waals surface area contributed by atoms with Gasteiger partial charge in [-0.15, -0.1) is 0 Å². The third kappa shape index (κ3) is 4.64. The Labute approximate surface area is 354 Å². The maximum Gasteiger partial charge on any atom is 0.260 e. The van der Waals surface area contributed by atoms with Crippen LogP contribution in [0.2, 0.25) is 0 Å². The van der Waals surface area contributed by atoms with Crippen LogP contribution in [0.4, 0.5) is 34.1 Å². The molecular weight excluding hydrogens is 731 g/mol. The number of rotatable bonds is 2. The minimum atomic E-state index is -0.137. The number of hydrogen-bond acceptors (Lipinski definition) is 4. The fourth-order valence-corrected chi connectivity index (χ4v) is 12.2. The van der Waals surface area contributed by atoms with Crippen LogP contribution in [0.3, 0.4) is 0 Å².